The van der Waals surface area contributed by atoms with Crippen LogP contribution in [0.25, 0.3) is 11.0 Å². The summed E-state index contributed by atoms with van der Waals surface area (Å²) < 4.78 is 5.53. The number of benzene rings is 1. The topological polar surface area (TPSA) is 51.2 Å². The van der Waals surface area contributed by atoms with E-state index in [4.69, 9.17) is 10.2 Å². The lowest BCUT2D eigenvalue weighted by Crippen LogP contribution is -2.21. The molecule has 3 N–H and O–H groups in total. The summed E-state index contributed by atoms with van der Waals surface area (Å²) in [5.74, 6) is 0. The van der Waals surface area contributed by atoms with E-state index < -0.39 is 0 Å². The molecular formula is C13H18N2O. The Balaban J connectivity index is 2.27. The normalized spacial score (nSPS) is 11.5. The number of rotatable bonds is 4. The Kier molecular flexibility index (Phi) is 3.27. The summed E-state index contributed by atoms with van der Waals surface area (Å²) in [5.41, 5.74) is 8.82. The number of furan rings is 1. The van der Waals surface area contributed by atoms with Crippen molar-refractivity contribution in [1.29, 1.82) is 0 Å². The lowest BCUT2D eigenvalue weighted by molar-refractivity contribution is 0.572. The van der Waals surface area contributed by atoms with Crippen molar-refractivity contribution < 1.29 is 4.42 Å². The molecule has 0 atom stereocenters. The van der Waals surface area contributed by atoms with Crippen LogP contribution < -0.4 is 11.1 Å². The van der Waals surface area contributed by atoms with Crippen molar-refractivity contribution in [2.75, 3.05) is 0 Å². The monoisotopic (exact) mass is 218 g/mol. The second-order valence-electron chi connectivity index (χ2n) is 4.33. The summed E-state index contributed by atoms with van der Waals surface area (Å²) in [4.78, 5) is 0. The van der Waals surface area contributed by atoms with Gasteiger partial charge in [-0.15, -0.1) is 0 Å². The molecule has 0 aliphatic rings. The number of fused-ring (bicyclic) bond motifs is 1. The van der Waals surface area contributed by atoms with Crippen molar-refractivity contribution in [3.05, 3.63) is 35.6 Å². The van der Waals surface area contributed by atoms with Gasteiger partial charge in [0.2, 0.25) is 0 Å². The van der Waals surface area contributed by atoms with E-state index in [1.54, 1.807) is 0 Å². The summed E-state index contributed by atoms with van der Waals surface area (Å²) in [7, 11) is 0. The highest BCUT2D eigenvalue weighted by Gasteiger charge is 2.06. The molecule has 1 heterocycles. The van der Waals surface area contributed by atoms with Crippen molar-refractivity contribution >= 4 is 11.0 Å². The average Bonchev–Trinajstić information content (AvgIpc) is 2.68. The van der Waals surface area contributed by atoms with Crippen molar-refractivity contribution in [2.45, 2.75) is 33.0 Å². The fourth-order valence-electron chi connectivity index (χ4n) is 1.71. The molecule has 1 aromatic carbocycles. The molecule has 0 saturated carbocycles. The molecule has 16 heavy (non-hydrogen) atoms. The van der Waals surface area contributed by atoms with Gasteiger partial charge in [-0.05, 0) is 11.6 Å². The Morgan fingerprint density at radius 2 is 2.19 bits per heavy atom. The van der Waals surface area contributed by atoms with Crippen LogP contribution in [0.4, 0.5) is 0 Å². The first kappa shape index (κ1) is 11.2. The quantitative estimate of drug-likeness (QED) is 0.828. The second kappa shape index (κ2) is 4.68. The van der Waals surface area contributed by atoms with Gasteiger partial charge in [0.15, 0.2) is 0 Å². The summed E-state index contributed by atoms with van der Waals surface area (Å²) in [6.45, 7) is 5.66. The molecule has 2 aromatic rings. The molecule has 0 radical (unpaired) electrons. The van der Waals surface area contributed by atoms with Crippen LogP contribution in [0.2, 0.25) is 0 Å². The Bertz CT molecular complexity index is 474. The molecule has 0 aliphatic carbocycles. The van der Waals surface area contributed by atoms with E-state index in [0.717, 1.165) is 17.7 Å². The molecule has 3 heteroatoms. The second-order valence-corrected chi connectivity index (χ2v) is 4.33. The molecule has 0 unspecified atom stereocenters. The van der Waals surface area contributed by atoms with Crippen molar-refractivity contribution in [3.8, 4) is 0 Å². The molecule has 0 amide bonds. The van der Waals surface area contributed by atoms with E-state index in [9.17, 15) is 0 Å². The SMILES string of the molecule is CC(C)NCc1coc2cc(CN)ccc12. The maximum atomic E-state index is 5.59. The standard InChI is InChI=1S/C13H18N2O/c1-9(2)15-7-11-8-16-13-5-10(6-14)3-4-12(11)13/h3-5,8-9,15H,6-7,14H2,1-2H3. The Morgan fingerprint density at radius 1 is 1.38 bits per heavy atom. The number of hydrogen-bond acceptors (Lipinski definition) is 3. The molecule has 0 bridgehead atoms. The highest BCUT2D eigenvalue weighted by molar-refractivity contribution is 5.81. The predicted molar refractivity (Wildman–Crippen MR) is 66.1 cm³/mol. The third-order valence-electron chi connectivity index (χ3n) is 2.66. The number of nitrogens with two attached hydrogens (primary N) is 1. The molecule has 86 valence electrons. The summed E-state index contributed by atoms with van der Waals surface area (Å²) in [6.07, 6.45) is 1.82. The van der Waals surface area contributed by atoms with Crippen LogP contribution in [0.5, 0.6) is 0 Å². The van der Waals surface area contributed by atoms with E-state index >= 15 is 0 Å². The van der Waals surface area contributed by atoms with Crippen LogP contribution in [0.15, 0.2) is 28.9 Å². The van der Waals surface area contributed by atoms with Gasteiger partial charge in [-0.25, -0.2) is 0 Å². The Hall–Kier alpha value is -1.32. The average molecular weight is 218 g/mol. The zero-order valence-corrected chi connectivity index (χ0v) is 9.79. The highest BCUT2D eigenvalue weighted by atomic mass is 16.3. The van der Waals surface area contributed by atoms with E-state index in [-0.39, 0.29) is 0 Å². The lowest BCUT2D eigenvalue weighted by Gasteiger charge is -2.06. The Morgan fingerprint density at radius 3 is 2.88 bits per heavy atom. The van der Waals surface area contributed by atoms with Gasteiger partial charge in [0.1, 0.15) is 5.58 Å². The first-order chi connectivity index (χ1) is 7.70. The molecule has 0 aliphatic heterocycles. The zero-order chi connectivity index (χ0) is 11.5. The maximum absolute atomic E-state index is 5.59. The van der Waals surface area contributed by atoms with Gasteiger partial charge >= 0.3 is 0 Å². The van der Waals surface area contributed by atoms with Crippen LogP contribution in [0.1, 0.15) is 25.0 Å². The van der Waals surface area contributed by atoms with Gasteiger partial charge in [-0.1, -0.05) is 26.0 Å². The van der Waals surface area contributed by atoms with Crippen LogP contribution in [-0.2, 0) is 13.1 Å². The van der Waals surface area contributed by atoms with Gasteiger partial charge in [-0.2, -0.15) is 0 Å². The number of nitrogens with one attached hydrogen (secondary N) is 1. The molecule has 1 aromatic heterocycles. The summed E-state index contributed by atoms with van der Waals surface area (Å²) in [6, 6.07) is 6.62. The van der Waals surface area contributed by atoms with E-state index in [1.807, 2.05) is 12.3 Å². The third-order valence-corrected chi connectivity index (χ3v) is 2.66. The molecule has 0 saturated heterocycles. The highest BCUT2D eigenvalue weighted by Crippen LogP contribution is 2.22. The van der Waals surface area contributed by atoms with Gasteiger partial charge in [-0.3, -0.25) is 0 Å². The number of hydrogen-bond donors (Lipinski definition) is 2. The molecular weight excluding hydrogens is 200 g/mol. The minimum absolute atomic E-state index is 0.480. The van der Waals surface area contributed by atoms with Crippen LogP contribution in [-0.4, -0.2) is 6.04 Å². The van der Waals surface area contributed by atoms with Crippen molar-refractivity contribution in [3.63, 3.8) is 0 Å². The minimum atomic E-state index is 0.480. The first-order valence-electron chi connectivity index (χ1n) is 5.63. The maximum Gasteiger partial charge on any atom is 0.134 e. The fraction of sp³-hybridized carbons (Fsp3) is 0.385. The van der Waals surface area contributed by atoms with Gasteiger partial charge in [0, 0.05) is 30.1 Å². The smallest absolute Gasteiger partial charge is 0.134 e. The van der Waals surface area contributed by atoms with E-state index in [0.29, 0.717) is 12.6 Å². The van der Waals surface area contributed by atoms with Crippen LogP contribution >= 0.6 is 0 Å². The molecule has 0 fully saturated rings. The summed E-state index contributed by atoms with van der Waals surface area (Å²) >= 11 is 0. The molecule has 0 spiro atoms. The third kappa shape index (κ3) is 2.26. The molecule has 2 rings (SSSR count). The van der Waals surface area contributed by atoms with Gasteiger partial charge in [0.05, 0.1) is 6.26 Å². The predicted octanol–water partition coefficient (Wildman–Crippen LogP) is 2.39. The zero-order valence-electron chi connectivity index (χ0n) is 9.79. The van der Waals surface area contributed by atoms with Gasteiger partial charge in [0.25, 0.3) is 0 Å². The fourth-order valence-corrected chi connectivity index (χ4v) is 1.71. The first-order valence-corrected chi connectivity index (χ1v) is 5.63. The van der Waals surface area contributed by atoms with Crippen molar-refractivity contribution in [1.82, 2.24) is 5.32 Å². The Labute approximate surface area is 95.6 Å². The van der Waals surface area contributed by atoms with Crippen LogP contribution in [0.3, 0.4) is 0 Å². The van der Waals surface area contributed by atoms with Gasteiger partial charge < -0.3 is 15.5 Å². The summed E-state index contributed by atoms with van der Waals surface area (Å²) in [5, 5.41) is 4.56. The van der Waals surface area contributed by atoms with E-state index in [1.165, 1.54) is 10.9 Å². The van der Waals surface area contributed by atoms with Crippen molar-refractivity contribution in [2.24, 2.45) is 5.73 Å². The molecule has 3 nitrogen and oxygen atoms in total. The lowest BCUT2D eigenvalue weighted by atomic mass is 10.1. The van der Waals surface area contributed by atoms with E-state index in [2.05, 4.69) is 31.3 Å². The van der Waals surface area contributed by atoms with Crippen LogP contribution in [0, 0.1) is 0 Å². The minimum Gasteiger partial charge on any atom is -0.464 e. The largest absolute Gasteiger partial charge is 0.464 e.